The summed E-state index contributed by atoms with van der Waals surface area (Å²) in [5.41, 5.74) is -0.302. The highest BCUT2D eigenvalue weighted by molar-refractivity contribution is 9.11. The van der Waals surface area contributed by atoms with Crippen molar-refractivity contribution in [2.75, 3.05) is 0 Å². The van der Waals surface area contributed by atoms with Crippen LogP contribution in [0, 0.1) is 0 Å². The molecule has 1 saturated heterocycles. The molecule has 0 spiro atoms. The number of rotatable bonds is 1. The number of hydrogen-bond donors (Lipinski definition) is 0. The van der Waals surface area contributed by atoms with Crippen LogP contribution < -0.4 is 0 Å². The minimum Gasteiger partial charge on any atom is -0.342 e. The molecule has 0 aromatic carbocycles. The Bertz CT molecular complexity index is 209. The molecular weight excluding hydrogens is 220 g/mol. The van der Waals surface area contributed by atoms with Gasteiger partial charge in [0.2, 0.25) is 0 Å². The van der Waals surface area contributed by atoms with Gasteiger partial charge < -0.3 is 9.47 Å². The van der Waals surface area contributed by atoms with Crippen molar-refractivity contribution in [1.29, 1.82) is 0 Å². The first-order chi connectivity index (χ1) is 5.25. The standard InChI is InChI=1S/C9H15BrO2/c1-6(10)7-8(2,3)12-9(4,5)11-7/h7H,1H2,2-5H3/t7-/m0/s1. The summed E-state index contributed by atoms with van der Waals surface area (Å²) >= 11 is 3.33. The molecule has 0 amide bonds. The van der Waals surface area contributed by atoms with Crippen molar-refractivity contribution in [3.05, 3.63) is 11.1 Å². The van der Waals surface area contributed by atoms with E-state index in [0.29, 0.717) is 0 Å². The average molecular weight is 235 g/mol. The van der Waals surface area contributed by atoms with Gasteiger partial charge >= 0.3 is 0 Å². The van der Waals surface area contributed by atoms with E-state index in [1.165, 1.54) is 0 Å². The topological polar surface area (TPSA) is 18.5 Å². The van der Waals surface area contributed by atoms with Crippen LogP contribution in [0.2, 0.25) is 0 Å². The van der Waals surface area contributed by atoms with Crippen molar-refractivity contribution in [3.8, 4) is 0 Å². The van der Waals surface area contributed by atoms with Gasteiger partial charge in [-0.1, -0.05) is 22.5 Å². The number of ether oxygens (including phenoxy) is 2. The van der Waals surface area contributed by atoms with Gasteiger partial charge in [0.25, 0.3) is 0 Å². The fourth-order valence-corrected chi connectivity index (χ4v) is 2.22. The Hall–Kier alpha value is 0.140. The molecule has 0 unspecified atom stereocenters. The molecule has 70 valence electrons. The van der Waals surface area contributed by atoms with Crippen LogP contribution in [0.5, 0.6) is 0 Å². The maximum Gasteiger partial charge on any atom is 0.164 e. The largest absolute Gasteiger partial charge is 0.342 e. The van der Waals surface area contributed by atoms with Gasteiger partial charge in [-0.3, -0.25) is 0 Å². The first-order valence-corrected chi connectivity index (χ1v) is 4.76. The lowest BCUT2D eigenvalue weighted by atomic mass is 10.0. The van der Waals surface area contributed by atoms with Crippen molar-refractivity contribution < 1.29 is 9.47 Å². The predicted octanol–water partition coefficient (Wildman–Crippen LogP) is 2.83. The van der Waals surface area contributed by atoms with E-state index in [0.717, 1.165) is 4.48 Å². The van der Waals surface area contributed by atoms with E-state index in [2.05, 4.69) is 22.5 Å². The summed E-state index contributed by atoms with van der Waals surface area (Å²) in [5.74, 6) is -0.509. The van der Waals surface area contributed by atoms with E-state index in [1.54, 1.807) is 0 Å². The molecule has 0 saturated carbocycles. The summed E-state index contributed by atoms with van der Waals surface area (Å²) in [4.78, 5) is 0. The van der Waals surface area contributed by atoms with E-state index in [4.69, 9.17) is 9.47 Å². The zero-order chi connectivity index (χ0) is 9.57. The summed E-state index contributed by atoms with van der Waals surface area (Å²) in [7, 11) is 0. The fourth-order valence-electron chi connectivity index (χ4n) is 1.58. The lowest BCUT2D eigenvalue weighted by Gasteiger charge is -2.23. The Morgan fingerprint density at radius 3 is 2.00 bits per heavy atom. The molecule has 2 nitrogen and oxygen atoms in total. The van der Waals surface area contributed by atoms with Crippen LogP contribution in [0.25, 0.3) is 0 Å². The summed E-state index contributed by atoms with van der Waals surface area (Å²) in [5, 5.41) is 0. The molecule has 1 fully saturated rings. The SMILES string of the molecule is C=C(Br)[C@@H]1OC(C)(C)OC1(C)C. The fraction of sp³-hybridized carbons (Fsp3) is 0.778. The first-order valence-electron chi connectivity index (χ1n) is 3.97. The molecule has 0 aliphatic carbocycles. The third-order valence-corrected chi connectivity index (χ3v) is 2.24. The van der Waals surface area contributed by atoms with Crippen LogP contribution in [0.3, 0.4) is 0 Å². The molecule has 3 heteroatoms. The number of hydrogen-bond acceptors (Lipinski definition) is 2. The molecule has 12 heavy (non-hydrogen) atoms. The zero-order valence-electron chi connectivity index (χ0n) is 7.98. The van der Waals surface area contributed by atoms with Crippen molar-refractivity contribution in [2.24, 2.45) is 0 Å². The van der Waals surface area contributed by atoms with Crippen molar-refractivity contribution >= 4 is 15.9 Å². The van der Waals surface area contributed by atoms with Crippen LogP contribution in [0.1, 0.15) is 27.7 Å². The van der Waals surface area contributed by atoms with Gasteiger partial charge in [-0.25, -0.2) is 0 Å². The second-order valence-electron chi connectivity index (χ2n) is 4.05. The first kappa shape index (κ1) is 10.2. The van der Waals surface area contributed by atoms with Gasteiger partial charge in [0.15, 0.2) is 5.79 Å². The maximum absolute atomic E-state index is 5.70. The van der Waals surface area contributed by atoms with E-state index >= 15 is 0 Å². The Labute approximate surface area is 82.1 Å². The highest BCUT2D eigenvalue weighted by Crippen LogP contribution is 2.40. The number of halogens is 1. The molecule has 0 radical (unpaired) electrons. The normalized spacial score (nSPS) is 31.9. The highest BCUT2D eigenvalue weighted by atomic mass is 79.9. The second kappa shape index (κ2) is 2.82. The Morgan fingerprint density at radius 1 is 1.33 bits per heavy atom. The molecule has 1 aliphatic rings. The van der Waals surface area contributed by atoms with Crippen LogP contribution in [-0.4, -0.2) is 17.5 Å². The average Bonchev–Trinajstić information content (AvgIpc) is 1.99. The van der Waals surface area contributed by atoms with Crippen LogP contribution in [0.4, 0.5) is 0 Å². The Kier molecular flexibility index (Phi) is 2.41. The third kappa shape index (κ3) is 1.90. The zero-order valence-corrected chi connectivity index (χ0v) is 9.56. The molecule has 0 N–H and O–H groups in total. The molecule has 1 rings (SSSR count). The van der Waals surface area contributed by atoms with E-state index in [-0.39, 0.29) is 11.7 Å². The quantitative estimate of drug-likeness (QED) is 0.695. The molecule has 0 aromatic heterocycles. The van der Waals surface area contributed by atoms with Crippen LogP contribution in [0.15, 0.2) is 11.1 Å². The van der Waals surface area contributed by atoms with Crippen molar-refractivity contribution in [1.82, 2.24) is 0 Å². The van der Waals surface area contributed by atoms with Crippen molar-refractivity contribution in [3.63, 3.8) is 0 Å². The molecule has 0 bridgehead atoms. The van der Waals surface area contributed by atoms with Crippen LogP contribution >= 0.6 is 15.9 Å². The smallest absolute Gasteiger partial charge is 0.164 e. The Morgan fingerprint density at radius 2 is 1.83 bits per heavy atom. The van der Waals surface area contributed by atoms with Gasteiger partial charge in [-0.2, -0.15) is 0 Å². The van der Waals surface area contributed by atoms with Gasteiger partial charge in [0, 0.05) is 4.48 Å². The molecule has 1 aliphatic heterocycles. The third-order valence-electron chi connectivity index (χ3n) is 1.83. The molecule has 1 atom stereocenters. The summed E-state index contributed by atoms with van der Waals surface area (Å²) in [6, 6.07) is 0. The molecular formula is C9H15BrO2. The molecule has 1 heterocycles. The molecule has 0 aromatic rings. The maximum atomic E-state index is 5.70. The lowest BCUT2D eigenvalue weighted by Crippen LogP contribution is -2.33. The lowest BCUT2D eigenvalue weighted by molar-refractivity contribution is -0.155. The van der Waals surface area contributed by atoms with Gasteiger partial charge in [0.05, 0.1) is 5.60 Å². The van der Waals surface area contributed by atoms with E-state index in [9.17, 15) is 0 Å². The van der Waals surface area contributed by atoms with Gasteiger partial charge in [-0.05, 0) is 27.7 Å². The van der Waals surface area contributed by atoms with Gasteiger partial charge in [-0.15, -0.1) is 0 Å². The predicted molar refractivity (Wildman–Crippen MR) is 52.2 cm³/mol. The monoisotopic (exact) mass is 234 g/mol. The Balaban J connectivity index is 2.85. The highest BCUT2D eigenvalue weighted by Gasteiger charge is 2.47. The van der Waals surface area contributed by atoms with E-state index < -0.39 is 5.79 Å². The minimum absolute atomic E-state index is 0.0764. The summed E-state index contributed by atoms with van der Waals surface area (Å²) < 4.78 is 12.2. The van der Waals surface area contributed by atoms with Gasteiger partial charge in [0.1, 0.15) is 6.10 Å². The minimum atomic E-state index is -0.509. The van der Waals surface area contributed by atoms with Crippen molar-refractivity contribution in [2.45, 2.75) is 45.2 Å². The summed E-state index contributed by atoms with van der Waals surface area (Å²) in [6.07, 6.45) is -0.0764. The van der Waals surface area contributed by atoms with Crippen LogP contribution in [-0.2, 0) is 9.47 Å². The van der Waals surface area contributed by atoms with E-state index in [1.807, 2.05) is 27.7 Å². The summed E-state index contributed by atoms with van der Waals surface area (Å²) in [6.45, 7) is 11.6. The second-order valence-corrected chi connectivity index (χ2v) is 5.07.